The highest BCUT2D eigenvalue weighted by Gasteiger charge is 2.09. The zero-order chi connectivity index (χ0) is 10.8. The molecule has 2 rings (SSSR count). The number of aryl methyl sites for hydroxylation is 1. The number of hydrogen-bond acceptors (Lipinski definition) is 2. The molecule has 0 fully saturated rings. The van der Waals surface area contributed by atoms with Crippen LogP contribution in [0.5, 0.6) is 0 Å². The van der Waals surface area contributed by atoms with E-state index >= 15 is 0 Å². The summed E-state index contributed by atoms with van der Waals surface area (Å²) in [7, 11) is 0. The average Bonchev–Trinajstić information content (AvgIpc) is 2.64. The Hall–Kier alpha value is -0.610. The summed E-state index contributed by atoms with van der Waals surface area (Å²) < 4.78 is 2.79. The summed E-state index contributed by atoms with van der Waals surface area (Å²) in [5, 5.41) is 5.89. The van der Waals surface area contributed by atoms with Gasteiger partial charge in [0.1, 0.15) is 0 Å². The molecule has 5 heteroatoms. The first-order chi connectivity index (χ1) is 7.24. The highest BCUT2D eigenvalue weighted by molar-refractivity contribution is 9.10. The molecule has 2 aromatic heterocycles. The molecule has 0 aliphatic carbocycles. The van der Waals surface area contributed by atoms with Crippen LogP contribution in [0.25, 0.3) is 11.0 Å². The van der Waals surface area contributed by atoms with E-state index in [0.29, 0.717) is 5.02 Å². The second-order valence-electron chi connectivity index (χ2n) is 3.38. The Morgan fingerprint density at radius 2 is 2.27 bits per heavy atom. The van der Waals surface area contributed by atoms with Gasteiger partial charge in [-0.15, -0.1) is 0 Å². The van der Waals surface area contributed by atoms with Crippen LogP contribution in [0.2, 0.25) is 5.02 Å². The summed E-state index contributed by atoms with van der Waals surface area (Å²) >= 11 is 9.39. The van der Waals surface area contributed by atoms with E-state index in [-0.39, 0.29) is 0 Å². The van der Waals surface area contributed by atoms with E-state index in [2.05, 4.69) is 32.9 Å². The Labute approximate surface area is 102 Å². The Kier molecular flexibility index (Phi) is 3.26. The molecule has 0 aromatic carbocycles. The number of aromatic nitrogens is 3. The molecule has 0 saturated heterocycles. The molecule has 80 valence electrons. The molecule has 0 N–H and O–H groups in total. The summed E-state index contributed by atoms with van der Waals surface area (Å²) in [6.45, 7) is 3.06. The predicted octanol–water partition coefficient (Wildman–Crippen LogP) is 3.65. The van der Waals surface area contributed by atoms with Gasteiger partial charge in [-0.1, -0.05) is 24.9 Å². The van der Waals surface area contributed by atoms with Crippen molar-refractivity contribution in [3.05, 3.63) is 21.9 Å². The molecule has 15 heavy (non-hydrogen) atoms. The van der Waals surface area contributed by atoms with Crippen LogP contribution in [0.4, 0.5) is 0 Å². The molecule has 0 unspecified atom stereocenters. The van der Waals surface area contributed by atoms with E-state index in [9.17, 15) is 0 Å². The number of fused-ring (bicyclic) bond motifs is 1. The van der Waals surface area contributed by atoms with Crippen molar-refractivity contribution in [2.45, 2.75) is 26.3 Å². The minimum Gasteiger partial charge on any atom is -0.247 e. The van der Waals surface area contributed by atoms with E-state index in [1.807, 2.05) is 4.68 Å². The zero-order valence-corrected chi connectivity index (χ0v) is 10.7. The maximum absolute atomic E-state index is 5.95. The lowest BCUT2D eigenvalue weighted by Crippen LogP contribution is -2.00. The Morgan fingerprint density at radius 3 is 3.00 bits per heavy atom. The largest absolute Gasteiger partial charge is 0.247 e. The number of nitrogens with zero attached hydrogens (tertiary/aromatic N) is 3. The van der Waals surface area contributed by atoms with E-state index in [4.69, 9.17) is 11.6 Å². The van der Waals surface area contributed by atoms with Gasteiger partial charge in [-0.2, -0.15) is 5.10 Å². The third-order valence-corrected chi connectivity index (χ3v) is 3.65. The quantitative estimate of drug-likeness (QED) is 0.863. The van der Waals surface area contributed by atoms with Crippen LogP contribution < -0.4 is 0 Å². The normalized spacial score (nSPS) is 11.1. The third kappa shape index (κ3) is 2.01. The molecule has 0 radical (unpaired) electrons. The predicted molar refractivity (Wildman–Crippen MR) is 65.1 cm³/mol. The maximum atomic E-state index is 5.95. The molecule has 2 heterocycles. The molecule has 0 spiro atoms. The SMILES string of the molecule is CCCCn1ncc2c(Br)c(Cl)cnc21. The fourth-order valence-electron chi connectivity index (χ4n) is 1.44. The first-order valence-corrected chi connectivity index (χ1v) is 6.06. The Balaban J connectivity index is 2.47. The molecule has 0 atom stereocenters. The fraction of sp³-hybridized carbons (Fsp3) is 0.400. The molecule has 2 aromatic rings. The highest BCUT2D eigenvalue weighted by Crippen LogP contribution is 2.29. The number of rotatable bonds is 3. The molecular weight excluding hydrogens is 277 g/mol. The summed E-state index contributed by atoms with van der Waals surface area (Å²) in [6, 6.07) is 0. The first-order valence-electron chi connectivity index (χ1n) is 4.89. The molecule has 0 amide bonds. The molecule has 3 nitrogen and oxygen atoms in total. The van der Waals surface area contributed by atoms with Gasteiger partial charge >= 0.3 is 0 Å². The van der Waals surface area contributed by atoms with Gasteiger partial charge in [0.2, 0.25) is 0 Å². The average molecular weight is 289 g/mol. The number of halogens is 2. The van der Waals surface area contributed by atoms with Crippen LogP contribution in [0, 0.1) is 0 Å². The van der Waals surface area contributed by atoms with E-state index in [1.54, 1.807) is 12.4 Å². The summed E-state index contributed by atoms with van der Waals surface area (Å²) in [6.07, 6.45) is 5.71. The zero-order valence-electron chi connectivity index (χ0n) is 8.37. The van der Waals surface area contributed by atoms with Gasteiger partial charge in [-0.05, 0) is 22.4 Å². The van der Waals surface area contributed by atoms with E-state index in [1.165, 1.54) is 0 Å². The fourth-order valence-corrected chi connectivity index (χ4v) is 1.98. The van der Waals surface area contributed by atoms with Gasteiger partial charge in [0.25, 0.3) is 0 Å². The lowest BCUT2D eigenvalue weighted by molar-refractivity contribution is 0.584. The van der Waals surface area contributed by atoms with Crippen LogP contribution in [0.1, 0.15) is 19.8 Å². The van der Waals surface area contributed by atoms with Crippen molar-refractivity contribution in [3.63, 3.8) is 0 Å². The molecule has 0 aliphatic heterocycles. The lowest BCUT2D eigenvalue weighted by atomic mass is 10.3. The maximum Gasteiger partial charge on any atom is 0.158 e. The van der Waals surface area contributed by atoms with Crippen molar-refractivity contribution in [1.29, 1.82) is 0 Å². The minimum atomic E-state index is 0.623. The summed E-state index contributed by atoms with van der Waals surface area (Å²) in [5.74, 6) is 0. The second kappa shape index (κ2) is 4.49. The number of hydrogen-bond donors (Lipinski definition) is 0. The van der Waals surface area contributed by atoms with Gasteiger partial charge < -0.3 is 0 Å². The standard InChI is InChI=1S/C10H11BrClN3/c1-2-3-4-15-10-7(5-14-15)9(11)8(12)6-13-10/h5-6H,2-4H2,1H3. The van der Waals surface area contributed by atoms with Crippen molar-refractivity contribution < 1.29 is 0 Å². The number of unbranched alkanes of at least 4 members (excludes halogenated alkanes) is 1. The van der Waals surface area contributed by atoms with Crippen LogP contribution >= 0.6 is 27.5 Å². The van der Waals surface area contributed by atoms with Crippen LogP contribution in [-0.4, -0.2) is 14.8 Å². The first kappa shape index (κ1) is 10.9. The molecule has 0 saturated carbocycles. The van der Waals surface area contributed by atoms with Gasteiger partial charge in [-0.25, -0.2) is 9.67 Å². The van der Waals surface area contributed by atoms with Crippen molar-refractivity contribution in [1.82, 2.24) is 14.8 Å². The van der Waals surface area contributed by atoms with E-state index < -0.39 is 0 Å². The van der Waals surface area contributed by atoms with Crippen molar-refractivity contribution in [2.75, 3.05) is 0 Å². The van der Waals surface area contributed by atoms with Crippen LogP contribution in [0.15, 0.2) is 16.9 Å². The minimum absolute atomic E-state index is 0.623. The summed E-state index contributed by atoms with van der Waals surface area (Å²) in [4.78, 5) is 4.29. The van der Waals surface area contributed by atoms with Gasteiger partial charge in [0.15, 0.2) is 5.65 Å². The topological polar surface area (TPSA) is 30.7 Å². The lowest BCUT2D eigenvalue weighted by Gasteiger charge is -2.01. The summed E-state index contributed by atoms with van der Waals surface area (Å²) in [5.41, 5.74) is 0.889. The van der Waals surface area contributed by atoms with Crippen LogP contribution in [-0.2, 0) is 6.54 Å². The molecule has 0 aliphatic rings. The van der Waals surface area contributed by atoms with Gasteiger partial charge in [0.05, 0.1) is 21.1 Å². The monoisotopic (exact) mass is 287 g/mol. The van der Waals surface area contributed by atoms with E-state index in [0.717, 1.165) is 34.9 Å². The number of pyridine rings is 1. The van der Waals surface area contributed by atoms with Crippen molar-refractivity contribution >= 4 is 38.6 Å². The second-order valence-corrected chi connectivity index (χ2v) is 4.58. The smallest absolute Gasteiger partial charge is 0.158 e. The van der Waals surface area contributed by atoms with Gasteiger partial charge in [-0.3, -0.25) is 0 Å². The molecule has 0 bridgehead atoms. The third-order valence-electron chi connectivity index (χ3n) is 2.28. The van der Waals surface area contributed by atoms with Crippen molar-refractivity contribution in [2.24, 2.45) is 0 Å². The molecular formula is C10H11BrClN3. The van der Waals surface area contributed by atoms with Crippen LogP contribution in [0.3, 0.4) is 0 Å². The van der Waals surface area contributed by atoms with Gasteiger partial charge in [0, 0.05) is 12.7 Å². The highest BCUT2D eigenvalue weighted by atomic mass is 79.9. The van der Waals surface area contributed by atoms with Crippen molar-refractivity contribution in [3.8, 4) is 0 Å². The Morgan fingerprint density at radius 1 is 1.47 bits per heavy atom. The Bertz CT molecular complexity index is 481.